The average Bonchev–Trinajstić information content (AvgIpc) is 3.12. The van der Waals surface area contributed by atoms with Crippen LogP contribution < -0.4 is 10.6 Å². The Bertz CT molecular complexity index is 864. The fraction of sp³-hybridized carbons (Fsp3) is 0.154. The zero-order chi connectivity index (χ0) is 15.7. The number of aromatic nitrogens is 5. The predicted molar refractivity (Wildman–Crippen MR) is 77.7 cm³/mol. The van der Waals surface area contributed by atoms with E-state index in [9.17, 15) is 9.59 Å². The summed E-state index contributed by atoms with van der Waals surface area (Å²) in [6, 6.07) is 3.30. The van der Waals surface area contributed by atoms with Gasteiger partial charge in [0.15, 0.2) is 11.5 Å². The second-order valence-corrected chi connectivity index (χ2v) is 4.59. The molecule has 3 N–H and O–H groups in total. The van der Waals surface area contributed by atoms with Crippen LogP contribution in [0, 0.1) is 6.92 Å². The minimum atomic E-state index is -0.394. The van der Waals surface area contributed by atoms with Gasteiger partial charge >= 0.3 is 0 Å². The standard InChI is InChI=1S/C13H13N7O2/c1-7-10(13(22)14-2)11(19-18-7)17-12(21)8-3-4-9-15-6-16-20(9)5-8/h3-6H,1-2H3,(H,14,22)(H2,17,18,19,21). The van der Waals surface area contributed by atoms with Crippen LogP contribution in [0.4, 0.5) is 5.82 Å². The van der Waals surface area contributed by atoms with E-state index >= 15 is 0 Å². The number of rotatable bonds is 3. The van der Waals surface area contributed by atoms with Gasteiger partial charge in [0.05, 0.1) is 5.56 Å². The van der Waals surface area contributed by atoms with Gasteiger partial charge < -0.3 is 10.6 Å². The molecule has 2 amide bonds. The molecule has 0 radical (unpaired) electrons. The van der Waals surface area contributed by atoms with E-state index in [1.165, 1.54) is 17.9 Å². The van der Waals surface area contributed by atoms with Gasteiger partial charge in [0, 0.05) is 18.9 Å². The number of amides is 2. The van der Waals surface area contributed by atoms with Crippen molar-refractivity contribution in [1.29, 1.82) is 0 Å². The van der Waals surface area contributed by atoms with Crippen molar-refractivity contribution >= 4 is 23.3 Å². The number of nitrogens with zero attached hydrogens (tertiary/aromatic N) is 4. The molecular formula is C13H13N7O2. The first-order valence-corrected chi connectivity index (χ1v) is 6.48. The van der Waals surface area contributed by atoms with E-state index in [4.69, 9.17) is 0 Å². The van der Waals surface area contributed by atoms with Gasteiger partial charge in [-0.15, -0.1) is 0 Å². The molecule has 0 aliphatic carbocycles. The van der Waals surface area contributed by atoms with Crippen LogP contribution >= 0.6 is 0 Å². The van der Waals surface area contributed by atoms with Gasteiger partial charge in [-0.05, 0) is 19.1 Å². The summed E-state index contributed by atoms with van der Waals surface area (Å²) in [5, 5.41) is 15.7. The van der Waals surface area contributed by atoms with Crippen LogP contribution in [0.1, 0.15) is 26.4 Å². The number of carbonyl (C=O) groups excluding carboxylic acids is 2. The van der Waals surface area contributed by atoms with Gasteiger partial charge in [0.1, 0.15) is 11.9 Å². The molecule has 0 aliphatic rings. The van der Waals surface area contributed by atoms with Crippen LogP contribution in [-0.4, -0.2) is 43.7 Å². The minimum absolute atomic E-state index is 0.181. The topological polar surface area (TPSA) is 117 Å². The molecule has 0 atom stereocenters. The van der Waals surface area contributed by atoms with Crippen LogP contribution in [0.2, 0.25) is 0 Å². The SMILES string of the molecule is CNC(=O)c1c(NC(=O)c2ccc3ncnn3c2)n[nH]c1C. The number of nitrogens with one attached hydrogen (secondary N) is 3. The fourth-order valence-electron chi connectivity index (χ4n) is 2.05. The van der Waals surface area contributed by atoms with Crippen molar-refractivity contribution in [3.8, 4) is 0 Å². The number of pyridine rings is 1. The lowest BCUT2D eigenvalue weighted by Gasteiger charge is -2.05. The molecule has 0 bridgehead atoms. The first kappa shape index (κ1) is 13.7. The highest BCUT2D eigenvalue weighted by atomic mass is 16.2. The molecule has 0 spiro atoms. The van der Waals surface area contributed by atoms with Gasteiger partial charge in [-0.1, -0.05) is 0 Å². The molecule has 9 nitrogen and oxygen atoms in total. The molecule has 3 heterocycles. The van der Waals surface area contributed by atoms with Crippen LogP contribution in [0.5, 0.6) is 0 Å². The van der Waals surface area contributed by atoms with Crippen molar-refractivity contribution in [1.82, 2.24) is 30.1 Å². The quantitative estimate of drug-likeness (QED) is 0.646. The number of carbonyl (C=O) groups is 2. The Kier molecular flexibility index (Phi) is 3.30. The Balaban J connectivity index is 1.89. The molecule has 0 aliphatic heterocycles. The smallest absolute Gasteiger partial charge is 0.258 e. The Labute approximate surface area is 124 Å². The highest BCUT2D eigenvalue weighted by Gasteiger charge is 2.19. The van der Waals surface area contributed by atoms with Crippen molar-refractivity contribution in [2.75, 3.05) is 12.4 Å². The second kappa shape index (κ2) is 5.28. The van der Waals surface area contributed by atoms with Gasteiger partial charge in [-0.2, -0.15) is 10.2 Å². The first-order chi connectivity index (χ1) is 10.6. The monoisotopic (exact) mass is 299 g/mol. The summed E-state index contributed by atoms with van der Waals surface area (Å²) in [4.78, 5) is 28.1. The number of aryl methyl sites for hydroxylation is 1. The summed E-state index contributed by atoms with van der Waals surface area (Å²) in [7, 11) is 1.51. The average molecular weight is 299 g/mol. The number of hydrogen-bond donors (Lipinski definition) is 3. The number of aromatic amines is 1. The van der Waals surface area contributed by atoms with Crippen LogP contribution in [0.15, 0.2) is 24.7 Å². The molecule has 3 rings (SSSR count). The summed E-state index contributed by atoms with van der Waals surface area (Å²) in [6.45, 7) is 1.70. The molecule has 112 valence electrons. The van der Waals surface area contributed by atoms with Gasteiger partial charge in [-0.25, -0.2) is 9.50 Å². The summed E-state index contributed by atoms with van der Waals surface area (Å²) in [5.41, 5.74) is 1.89. The minimum Gasteiger partial charge on any atom is -0.355 e. The Morgan fingerprint density at radius 1 is 1.27 bits per heavy atom. The lowest BCUT2D eigenvalue weighted by molar-refractivity contribution is 0.0963. The van der Waals surface area contributed by atoms with Gasteiger partial charge in [0.2, 0.25) is 0 Å². The second-order valence-electron chi connectivity index (χ2n) is 4.59. The normalized spacial score (nSPS) is 10.6. The van der Waals surface area contributed by atoms with Crippen molar-refractivity contribution in [3.05, 3.63) is 41.5 Å². The summed E-state index contributed by atoms with van der Waals surface area (Å²) in [5.74, 6) is -0.539. The van der Waals surface area contributed by atoms with Crippen molar-refractivity contribution in [2.24, 2.45) is 0 Å². The lowest BCUT2D eigenvalue weighted by atomic mass is 10.2. The molecule has 0 saturated carbocycles. The maximum Gasteiger partial charge on any atom is 0.258 e. The van der Waals surface area contributed by atoms with E-state index in [-0.39, 0.29) is 11.7 Å². The third-order valence-electron chi connectivity index (χ3n) is 3.17. The number of anilines is 1. The summed E-state index contributed by atoms with van der Waals surface area (Å²) < 4.78 is 1.49. The number of hydrogen-bond acceptors (Lipinski definition) is 5. The van der Waals surface area contributed by atoms with E-state index in [1.54, 1.807) is 25.3 Å². The maximum absolute atomic E-state index is 12.3. The number of fused-ring (bicyclic) bond motifs is 1. The molecule has 0 aromatic carbocycles. The number of H-pyrrole nitrogens is 1. The lowest BCUT2D eigenvalue weighted by Crippen LogP contribution is -2.21. The first-order valence-electron chi connectivity index (χ1n) is 6.48. The van der Waals surface area contributed by atoms with Crippen molar-refractivity contribution in [2.45, 2.75) is 6.92 Å². The summed E-state index contributed by atoms with van der Waals surface area (Å²) in [6.07, 6.45) is 2.95. The molecule has 0 fully saturated rings. The van der Waals surface area contributed by atoms with Crippen molar-refractivity contribution < 1.29 is 9.59 Å². The van der Waals surface area contributed by atoms with E-state index in [1.807, 2.05) is 0 Å². The molecule has 3 aromatic rings. The predicted octanol–water partition coefficient (Wildman–Crippen LogP) is 0.373. The third kappa shape index (κ3) is 2.28. The van der Waals surface area contributed by atoms with Crippen LogP contribution in [-0.2, 0) is 0 Å². The molecule has 3 aromatic heterocycles. The van der Waals surface area contributed by atoms with Crippen LogP contribution in [0.3, 0.4) is 0 Å². The van der Waals surface area contributed by atoms with E-state index in [0.717, 1.165) is 0 Å². The Morgan fingerprint density at radius 2 is 2.09 bits per heavy atom. The molecule has 0 unspecified atom stereocenters. The molecule has 0 saturated heterocycles. The molecule has 22 heavy (non-hydrogen) atoms. The van der Waals surface area contributed by atoms with Gasteiger partial charge in [0.25, 0.3) is 11.8 Å². The van der Waals surface area contributed by atoms with E-state index in [2.05, 4.69) is 30.9 Å². The van der Waals surface area contributed by atoms with Crippen molar-refractivity contribution in [3.63, 3.8) is 0 Å². The maximum atomic E-state index is 12.3. The summed E-state index contributed by atoms with van der Waals surface area (Å²) >= 11 is 0. The highest BCUT2D eigenvalue weighted by Crippen LogP contribution is 2.17. The zero-order valence-electron chi connectivity index (χ0n) is 11.9. The highest BCUT2D eigenvalue weighted by molar-refractivity contribution is 6.08. The fourth-order valence-corrected chi connectivity index (χ4v) is 2.05. The van der Waals surface area contributed by atoms with Gasteiger partial charge in [-0.3, -0.25) is 14.7 Å². The Hall–Kier alpha value is -3.23. The molecule has 9 heteroatoms. The Morgan fingerprint density at radius 3 is 2.86 bits per heavy atom. The van der Waals surface area contributed by atoms with E-state index < -0.39 is 5.91 Å². The van der Waals surface area contributed by atoms with E-state index in [0.29, 0.717) is 22.5 Å². The van der Waals surface area contributed by atoms with Crippen LogP contribution in [0.25, 0.3) is 5.65 Å². The molecular weight excluding hydrogens is 286 g/mol. The third-order valence-corrected chi connectivity index (χ3v) is 3.17. The largest absolute Gasteiger partial charge is 0.355 e. The zero-order valence-corrected chi connectivity index (χ0v) is 11.9.